The Kier molecular flexibility index (Phi) is 6.01. The third kappa shape index (κ3) is 4.89. The van der Waals surface area contributed by atoms with Gasteiger partial charge in [0.2, 0.25) is 11.8 Å². The largest absolute Gasteiger partial charge is 0.338 e. The van der Waals surface area contributed by atoms with Crippen molar-refractivity contribution in [3.05, 3.63) is 58.5 Å². The lowest BCUT2D eigenvalue weighted by molar-refractivity contribution is -0.133. The molecule has 0 bridgehead atoms. The Morgan fingerprint density at radius 2 is 2.03 bits per heavy atom. The number of anilines is 1. The first-order valence-corrected chi connectivity index (χ1v) is 11.2. The van der Waals surface area contributed by atoms with Gasteiger partial charge in [0.25, 0.3) is 0 Å². The number of hydrogen-bond donors (Lipinski definition) is 1. The molecule has 1 aliphatic heterocycles. The molecule has 0 radical (unpaired) electrons. The van der Waals surface area contributed by atoms with Crippen LogP contribution in [0.5, 0.6) is 0 Å². The Morgan fingerprint density at radius 3 is 2.79 bits per heavy atom. The quantitative estimate of drug-likeness (QED) is 0.648. The fourth-order valence-electron chi connectivity index (χ4n) is 3.23. The second-order valence-corrected chi connectivity index (χ2v) is 8.97. The first-order chi connectivity index (χ1) is 14.1. The zero-order chi connectivity index (χ0) is 20.2. The second-order valence-electron chi connectivity index (χ2n) is 6.93. The lowest BCUT2D eigenvalue weighted by Crippen LogP contribution is -2.35. The molecule has 150 valence electrons. The number of hydrogen-bond acceptors (Lipinski definition) is 5. The topological polar surface area (TPSA) is 67.2 Å². The summed E-state index contributed by atoms with van der Waals surface area (Å²) in [4.78, 5) is 33.3. The third-order valence-corrected chi connectivity index (χ3v) is 6.96. The number of nitrogens with zero attached hydrogens (tertiary/aromatic N) is 3. The lowest BCUT2D eigenvalue weighted by atomic mass is 10.1. The third-order valence-electron chi connectivity index (χ3n) is 4.85. The summed E-state index contributed by atoms with van der Waals surface area (Å²) in [5.74, 6) is -0.102. The summed E-state index contributed by atoms with van der Waals surface area (Å²) in [5.41, 5.74) is 1.97. The highest BCUT2D eigenvalue weighted by Crippen LogP contribution is 2.27. The van der Waals surface area contributed by atoms with E-state index >= 15 is 0 Å². The fraction of sp³-hybridized carbons (Fsp3) is 0.286. The summed E-state index contributed by atoms with van der Waals surface area (Å²) in [6.07, 6.45) is 5.00. The van der Waals surface area contributed by atoms with Crippen LogP contribution in [0.1, 0.15) is 23.3 Å². The monoisotopic (exact) mass is 426 g/mol. The van der Waals surface area contributed by atoms with E-state index < -0.39 is 0 Å². The van der Waals surface area contributed by atoms with Gasteiger partial charge in [0.1, 0.15) is 0 Å². The zero-order valence-electron chi connectivity index (χ0n) is 16.1. The van der Waals surface area contributed by atoms with Gasteiger partial charge in [0.15, 0.2) is 5.16 Å². The predicted octanol–water partition coefficient (Wildman–Crippen LogP) is 3.94. The van der Waals surface area contributed by atoms with Crippen molar-refractivity contribution >= 4 is 40.6 Å². The number of rotatable bonds is 6. The van der Waals surface area contributed by atoms with Crippen molar-refractivity contribution in [2.75, 3.05) is 11.9 Å². The molecular weight excluding hydrogens is 404 g/mol. The number of benzene rings is 1. The lowest BCUT2D eigenvalue weighted by Gasteiger charge is -2.27. The van der Waals surface area contributed by atoms with Gasteiger partial charge in [-0.25, -0.2) is 4.98 Å². The number of carbonyl (C=O) groups is 2. The maximum absolute atomic E-state index is 12.4. The minimum Gasteiger partial charge on any atom is -0.338 e. The first kappa shape index (κ1) is 19.7. The molecule has 6 nitrogen and oxygen atoms in total. The van der Waals surface area contributed by atoms with Crippen molar-refractivity contribution in [3.63, 3.8) is 0 Å². The van der Waals surface area contributed by atoms with Gasteiger partial charge in [-0.05, 0) is 47.7 Å². The summed E-state index contributed by atoms with van der Waals surface area (Å²) < 4.78 is 1.96. The standard InChI is InChI=1S/C21H22N4O2S2/c1-24-12-10-22-21(24)29-17-4-2-16(3-5-17)23-19(26)6-7-20(27)25-11-8-18-15(14-25)9-13-28-18/h2-5,9-10,12-13H,6-8,11,14H2,1H3,(H,23,26). The number of nitrogens with one attached hydrogen (secondary N) is 1. The van der Waals surface area contributed by atoms with Crippen LogP contribution in [0.15, 0.2) is 58.2 Å². The van der Waals surface area contributed by atoms with Crippen LogP contribution in [-0.4, -0.2) is 32.8 Å². The van der Waals surface area contributed by atoms with Crippen LogP contribution in [0.4, 0.5) is 5.69 Å². The molecule has 2 amide bonds. The van der Waals surface area contributed by atoms with Crippen LogP contribution in [0, 0.1) is 0 Å². The van der Waals surface area contributed by atoms with E-state index in [1.807, 2.05) is 47.0 Å². The van der Waals surface area contributed by atoms with E-state index in [9.17, 15) is 9.59 Å². The van der Waals surface area contributed by atoms with E-state index in [1.54, 1.807) is 29.3 Å². The number of thiophene rings is 1. The minimum absolute atomic E-state index is 0.0406. The van der Waals surface area contributed by atoms with Gasteiger partial charge in [-0.2, -0.15) is 0 Å². The second kappa shape index (κ2) is 8.84. The van der Waals surface area contributed by atoms with Crippen molar-refractivity contribution in [2.24, 2.45) is 7.05 Å². The van der Waals surface area contributed by atoms with E-state index in [2.05, 4.69) is 21.7 Å². The number of aryl methyl sites for hydroxylation is 1. The normalized spacial score (nSPS) is 13.2. The van der Waals surface area contributed by atoms with Crippen LogP contribution in [0.2, 0.25) is 0 Å². The molecule has 3 aromatic rings. The summed E-state index contributed by atoms with van der Waals surface area (Å²) in [6.45, 7) is 1.40. The molecule has 1 N–H and O–H groups in total. The van der Waals surface area contributed by atoms with E-state index in [-0.39, 0.29) is 24.7 Å². The number of fused-ring (bicyclic) bond motifs is 1. The van der Waals surface area contributed by atoms with E-state index in [1.165, 1.54) is 10.4 Å². The summed E-state index contributed by atoms with van der Waals surface area (Å²) in [6, 6.07) is 9.72. The van der Waals surface area contributed by atoms with E-state index in [4.69, 9.17) is 0 Å². The highest BCUT2D eigenvalue weighted by atomic mass is 32.2. The van der Waals surface area contributed by atoms with Crippen molar-refractivity contribution in [3.8, 4) is 0 Å². The van der Waals surface area contributed by atoms with Crippen molar-refractivity contribution in [1.82, 2.24) is 14.5 Å². The molecule has 2 aromatic heterocycles. The molecule has 1 aromatic carbocycles. The molecule has 3 heterocycles. The maximum Gasteiger partial charge on any atom is 0.224 e. The first-order valence-electron chi connectivity index (χ1n) is 9.46. The summed E-state index contributed by atoms with van der Waals surface area (Å²) in [5, 5.41) is 5.86. The summed E-state index contributed by atoms with van der Waals surface area (Å²) >= 11 is 3.32. The van der Waals surface area contributed by atoms with Gasteiger partial charge in [0.05, 0.1) is 0 Å². The molecular formula is C21H22N4O2S2. The van der Waals surface area contributed by atoms with Gasteiger partial charge < -0.3 is 14.8 Å². The summed E-state index contributed by atoms with van der Waals surface area (Å²) in [7, 11) is 1.95. The Hall–Kier alpha value is -2.58. The molecule has 8 heteroatoms. The minimum atomic E-state index is -0.143. The van der Waals surface area contributed by atoms with E-state index in [0.717, 1.165) is 28.7 Å². The van der Waals surface area contributed by atoms with Gasteiger partial charge in [-0.15, -0.1) is 11.3 Å². The molecule has 0 aliphatic carbocycles. The van der Waals surface area contributed by atoms with Crippen LogP contribution < -0.4 is 5.32 Å². The van der Waals surface area contributed by atoms with Crippen molar-refractivity contribution in [2.45, 2.75) is 35.9 Å². The highest BCUT2D eigenvalue weighted by Gasteiger charge is 2.21. The average Bonchev–Trinajstić information content (AvgIpc) is 3.36. The molecule has 0 atom stereocenters. The average molecular weight is 427 g/mol. The van der Waals surface area contributed by atoms with Crippen molar-refractivity contribution in [1.29, 1.82) is 0 Å². The molecule has 0 saturated carbocycles. The molecule has 4 rings (SSSR count). The molecule has 0 saturated heterocycles. The van der Waals surface area contributed by atoms with Gasteiger partial charge in [-0.3, -0.25) is 9.59 Å². The van der Waals surface area contributed by atoms with Crippen LogP contribution in [0.25, 0.3) is 0 Å². The number of aromatic nitrogens is 2. The Balaban J connectivity index is 1.24. The smallest absolute Gasteiger partial charge is 0.224 e. The Labute approximate surface area is 177 Å². The molecule has 29 heavy (non-hydrogen) atoms. The molecule has 0 unspecified atom stereocenters. The number of imidazole rings is 1. The predicted molar refractivity (Wildman–Crippen MR) is 115 cm³/mol. The zero-order valence-corrected chi connectivity index (χ0v) is 17.8. The molecule has 1 aliphatic rings. The molecule has 0 spiro atoms. The number of carbonyl (C=O) groups excluding carboxylic acids is 2. The van der Waals surface area contributed by atoms with Gasteiger partial charge >= 0.3 is 0 Å². The SMILES string of the molecule is Cn1ccnc1Sc1ccc(NC(=O)CCC(=O)N2CCc3sccc3C2)cc1. The number of amides is 2. The fourth-order valence-corrected chi connectivity index (χ4v) is 4.92. The highest BCUT2D eigenvalue weighted by molar-refractivity contribution is 7.99. The van der Waals surface area contributed by atoms with Gasteiger partial charge in [0, 0.05) is 60.8 Å². The van der Waals surface area contributed by atoms with Crippen LogP contribution in [-0.2, 0) is 29.6 Å². The van der Waals surface area contributed by atoms with Crippen LogP contribution >= 0.6 is 23.1 Å². The van der Waals surface area contributed by atoms with Crippen LogP contribution in [0.3, 0.4) is 0 Å². The Morgan fingerprint density at radius 1 is 1.21 bits per heavy atom. The van der Waals surface area contributed by atoms with E-state index in [0.29, 0.717) is 6.54 Å². The maximum atomic E-state index is 12.4. The van der Waals surface area contributed by atoms with Gasteiger partial charge in [-0.1, -0.05) is 11.8 Å². The molecule has 0 fully saturated rings. The van der Waals surface area contributed by atoms with Crippen molar-refractivity contribution < 1.29 is 9.59 Å². The Bertz CT molecular complexity index is 1010.